The zero-order valence-electron chi connectivity index (χ0n) is 19.9. The lowest BCUT2D eigenvalue weighted by molar-refractivity contribution is -0.140. The molecule has 0 bridgehead atoms. The summed E-state index contributed by atoms with van der Waals surface area (Å²) < 4.78 is 10.0. The van der Waals surface area contributed by atoms with Crippen molar-refractivity contribution < 1.29 is 19.1 Å². The van der Waals surface area contributed by atoms with E-state index < -0.39 is 0 Å². The molecule has 1 aliphatic rings. The van der Waals surface area contributed by atoms with Crippen LogP contribution >= 0.6 is 0 Å². The molecule has 3 aromatic rings. The summed E-state index contributed by atoms with van der Waals surface area (Å²) in [6.45, 7) is 1.74. The highest BCUT2D eigenvalue weighted by Crippen LogP contribution is 2.38. The summed E-state index contributed by atoms with van der Waals surface area (Å²) in [7, 11) is 3.07. The van der Waals surface area contributed by atoms with Gasteiger partial charge in [-0.1, -0.05) is 36.8 Å². The quantitative estimate of drug-likeness (QED) is 0.351. The normalized spacial score (nSPS) is 15.6. The van der Waals surface area contributed by atoms with Crippen molar-refractivity contribution in [1.82, 2.24) is 15.2 Å². The van der Waals surface area contributed by atoms with Crippen LogP contribution in [0.2, 0.25) is 0 Å². The van der Waals surface area contributed by atoms with Gasteiger partial charge in [0, 0.05) is 36.1 Å². The number of nitrogens with one attached hydrogen (secondary N) is 2. The van der Waals surface area contributed by atoms with E-state index in [9.17, 15) is 9.59 Å². The van der Waals surface area contributed by atoms with E-state index >= 15 is 0 Å². The maximum Gasteiger partial charge on any atom is 0.305 e. The summed E-state index contributed by atoms with van der Waals surface area (Å²) >= 11 is 0. The molecule has 0 aliphatic carbocycles. The van der Waals surface area contributed by atoms with Gasteiger partial charge in [-0.2, -0.15) is 0 Å². The van der Waals surface area contributed by atoms with Gasteiger partial charge >= 0.3 is 5.97 Å². The minimum absolute atomic E-state index is 0.0195. The van der Waals surface area contributed by atoms with Crippen LogP contribution in [0.3, 0.4) is 0 Å². The summed E-state index contributed by atoms with van der Waals surface area (Å²) in [4.78, 5) is 29.9. The van der Waals surface area contributed by atoms with Crippen LogP contribution in [0.1, 0.15) is 48.5 Å². The molecule has 1 amide bonds. The number of nitrogens with zero attached hydrogens (tertiary/aromatic N) is 1. The fourth-order valence-corrected chi connectivity index (χ4v) is 4.77. The number of hydrogen-bond donors (Lipinski definition) is 2. The second-order valence-electron chi connectivity index (χ2n) is 8.70. The van der Waals surface area contributed by atoms with Crippen LogP contribution < -0.4 is 10.1 Å². The molecule has 2 heterocycles. The molecule has 1 unspecified atom stereocenters. The van der Waals surface area contributed by atoms with Gasteiger partial charge in [-0.25, -0.2) is 0 Å². The number of para-hydroxylation sites is 1. The number of methoxy groups -OCH3 is 2. The SMILES string of the molecule is COC(=O)CCCCCNC(=O)CN1CCc2c([nH]c3ccccc23)C1c1ccc(OC)cc1. The third kappa shape index (κ3) is 5.42. The molecule has 180 valence electrons. The van der Waals surface area contributed by atoms with Gasteiger partial charge in [0.15, 0.2) is 0 Å². The van der Waals surface area contributed by atoms with Crippen LogP contribution in [-0.4, -0.2) is 55.6 Å². The van der Waals surface area contributed by atoms with E-state index in [1.807, 2.05) is 18.2 Å². The Balaban J connectivity index is 1.45. The predicted molar refractivity (Wildman–Crippen MR) is 132 cm³/mol. The minimum Gasteiger partial charge on any atom is -0.497 e. The smallest absolute Gasteiger partial charge is 0.305 e. The zero-order valence-corrected chi connectivity index (χ0v) is 19.9. The molecule has 0 saturated carbocycles. The molecule has 1 atom stereocenters. The number of esters is 1. The van der Waals surface area contributed by atoms with Gasteiger partial charge < -0.3 is 19.8 Å². The number of amides is 1. The van der Waals surface area contributed by atoms with Gasteiger partial charge in [0.1, 0.15) is 5.75 Å². The van der Waals surface area contributed by atoms with E-state index in [0.29, 0.717) is 19.5 Å². The molecule has 34 heavy (non-hydrogen) atoms. The van der Waals surface area contributed by atoms with Crippen molar-refractivity contribution in [3.63, 3.8) is 0 Å². The molecule has 4 rings (SSSR count). The molecule has 0 saturated heterocycles. The van der Waals surface area contributed by atoms with Crippen molar-refractivity contribution in [2.24, 2.45) is 0 Å². The molecule has 0 spiro atoms. The maximum atomic E-state index is 12.8. The average molecular weight is 464 g/mol. The number of rotatable bonds is 10. The standard InChI is InChI=1S/C27H33N3O4/c1-33-20-13-11-19(12-14-20)27-26-22(21-8-5-6-9-23(21)29-26)15-17-30(27)18-24(31)28-16-7-3-4-10-25(32)34-2/h5-6,8-9,11-14,27,29H,3-4,7,10,15-18H2,1-2H3,(H,28,31). The molecular formula is C27H33N3O4. The molecule has 1 aliphatic heterocycles. The Morgan fingerprint density at radius 2 is 1.85 bits per heavy atom. The Labute approximate surface area is 200 Å². The number of unbranched alkanes of at least 4 members (excludes halogenated alkanes) is 2. The summed E-state index contributed by atoms with van der Waals surface area (Å²) in [6.07, 6.45) is 3.82. The summed E-state index contributed by atoms with van der Waals surface area (Å²) in [5, 5.41) is 4.30. The third-order valence-electron chi connectivity index (χ3n) is 6.52. The molecule has 7 heteroatoms. The van der Waals surface area contributed by atoms with Crippen LogP contribution in [0.5, 0.6) is 5.75 Å². The van der Waals surface area contributed by atoms with Crippen molar-refractivity contribution in [3.05, 3.63) is 65.4 Å². The van der Waals surface area contributed by atoms with Gasteiger partial charge in [0.2, 0.25) is 5.91 Å². The molecular weight excluding hydrogens is 430 g/mol. The highest BCUT2D eigenvalue weighted by Gasteiger charge is 2.32. The molecule has 0 radical (unpaired) electrons. The number of benzene rings is 2. The van der Waals surface area contributed by atoms with Crippen molar-refractivity contribution >= 4 is 22.8 Å². The molecule has 1 aromatic heterocycles. The lowest BCUT2D eigenvalue weighted by Crippen LogP contribution is -2.43. The van der Waals surface area contributed by atoms with E-state index in [2.05, 4.69) is 50.3 Å². The second-order valence-corrected chi connectivity index (χ2v) is 8.70. The fourth-order valence-electron chi connectivity index (χ4n) is 4.77. The van der Waals surface area contributed by atoms with Crippen molar-refractivity contribution in [2.75, 3.05) is 33.9 Å². The monoisotopic (exact) mass is 463 g/mol. The van der Waals surface area contributed by atoms with Crippen LogP contribution in [-0.2, 0) is 20.7 Å². The van der Waals surface area contributed by atoms with Gasteiger partial charge in [-0.15, -0.1) is 0 Å². The van der Waals surface area contributed by atoms with Crippen LogP contribution in [0.4, 0.5) is 0 Å². The molecule has 0 fully saturated rings. The van der Waals surface area contributed by atoms with Gasteiger partial charge in [-0.05, 0) is 48.6 Å². The van der Waals surface area contributed by atoms with E-state index in [-0.39, 0.29) is 17.9 Å². The van der Waals surface area contributed by atoms with Gasteiger partial charge in [-0.3, -0.25) is 14.5 Å². The van der Waals surface area contributed by atoms with Gasteiger partial charge in [0.05, 0.1) is 26.8 Å². The Kier molecular flexibility index (Phi) is 7.85. The second kappa shape index (κ2) is 11.2. The first-order chi connectivity index (χ1) is 16.6. The average Bonchev–Trinajstić information content (AvgIpc) is 3.24. The van der Waals surface area contributed by atoms with Crippen molar-refractivity contribution in [2.45, 2.75) is 38.1 Å². The van der Waals surface area contributed by atoms with Crippen LogP contribution in [0, 0.1) is 0 Å². The third-order valence-corrected chi connectivity index (χ3v) is 6.52. The minimum atomic E-state index is -0.185. The number of aromatic amines is 1. The summed E-state index contributed by atoms with van der Waals surface area (Å²) in [5.41, 5.74) is 4.75. The number of hydrogen-bond acceptors (Lipinski definition) is 5. The number of aromatic nitrogens is 1. The van der Waals surface area contributed by atoms with Crippen molar-refractivity contribution in [3.8, 4) is 5.75 Å². The van der Waals surface area contributed by atoms with E-state index in [1.165, 1.54) is 18.1 Å². The lowest BCUT2D eigenvalue weighted by atomic mass is 9.92. The highest BCUT2D eigenvalue weighted by molar-refractivity contribution is 5.85. The summed E-state index contributed by atoms with van der Waals surface area (Å²) in [5.74, 6) is 0.647. The molecule has 7 nitrogen and oxygen atoms in total. The van der Waals surface area contributed by atoms with E-state index in [0.717, 1.165) is 54.8 Å². The van der Waals surface area contributed by atoms with E-state index in [1.54, 1.807) is 7.11 Å². The Morgan fingerprint density at radius 1 is 1.06 bits per heavy atom. The number of carbonyl (C=O) groups excluding carboxylic acids is 2. The number of ether oxygens (including phenoxy) is 2. The topological polar surface area (TPSA) is 83.7 Å². The lowest BCUT2D eigenvalue weighted by Gasteiger charge is -2.35. The Hall–Kier alpha value is -3.32. The number of carbonyl (C=O) groups is 2. The first-order valence-electron chi connectivity index (χ1n) is 11.9. The van der Waals surface area contributed by atoms with Gasteiger partial charge in [0.25, 0.3) is 0 Å². The van der Waals surface area contributed by atoms with Crippen LogP contribution in [0.25, 0.3) is 10.9 Å². The Bertz CT molecular complexity index is 1120. The Morgan fingerprint density at radius 3 is 2.62 bits per heavy atom. The predicted octanol–water partition coefficient (Wildman–Crippen LogP) is 3.97. The first-order valence-corrected chi connectivity index (χ1v) is 11.9. The van der Waals surface area contributed by atoms with E-state index in [4.69, 9.17) is 4.74 Å². The highest BCUT2D eigenvalue weighted by atomic mass is 16.5. The maximum absolute atomic E-state index is 12.8. The fraction of sp³-hybridized carbons (Fsp3) is 0.407. The first kappa shape index (κ1) is 23.8. The largest absolute Gasteiger partial charge is 0.497 e. The summed E-state index contributed by atoms with van der Waals surface area (Å²) in [6, 6.07) is 16.5. The number of H-pyrrole nitrogens is 1. The molecule has 2 N–H and O–H groups in total. The van der Waals surface area contributed by atoms with Crippen LogP contribution in [0.15, 0.2) is 48.5 Å². The zero-order chi connectivity index (χ0) is 23.9. The number of fused-ring (bicyclic) bond motifs is 3. The molecule has 2 aromatic carbocycles. The van der Waals surface area contributed by atoms with Crippen molar-refractivity contribution in [1.29, 1.82) is 0 Å².